The van der Waals surface area contributed by atoms with E-state index < -0.39 is 0 Å². The molecule has 2 aromatic heterocycles. The molecule has 166 valence electrons. The molecule has 6 nitrogen and oxygen atoms in total. The summed E-state index contributed by atoms with van der Waals surface area (Å²) in [4.78, 5) is 4.67. The van der Waals surface area contributed by atoms with Gasteiger partial charge in [-0.25, -0.2) is 9.37 Å². The zero-order valence-corrected chi connectivity index (χ0v) is 19.6. The Labute approximate surface area is 194 Å². The summed E-state index contributed by atoms with van der Waals surface area (Å²) >= 11 is 3.12. The summed E-state index contributed by atoms with van der Waals surface area (Å²) in [5.74, 6) is 2.57. The monoisotopic (exact) mass is 470 g/mol. The van der Waals surface area contributed by atoms with E-state index in [-0.39, 0.29) is 12.4 Å². The van der Waals surface area contributed by atoms with Crippen molar-refractivity contribution in [1.29, 1.82) is 0 Å². The van der Waals surface area contributed by atoms with E-state index in [0.717, 1.165) is 16.5 Å². The maximum absolute atomic E-state index is 14.7. The maximum atomic E-state index is 14.7. The van der Waals surface area contributed by atoms with Gasteiger partial charge in [-0.2, -0.15) is 0 Å². The SMILES string of the molecule is COc1ccc(OCc2nnc(SCc3csc(C(C)C)n3)n2-c2ccccc2F)cc1. The second-order valence-electron chi connectivity index (χ2n) is 7.27. The molecule has 32 heavy (non-hydrogen) atoms. The number of benzene rings is 2. The van der Waals surface area contributed by atoms with Crippen molar-refractivity contribution in [3.05, 3.63) is 76.3 Å². The van der Waals surface area contributed by atoms with Crippen LogP contribution in [0.25, 0.3) is 5.69 Å². The number of rotatable bonds is 9. The van der Waals surface area contributed by atoms with Crippen LogP contribution in [-0.2, 0) is 12.4 Å². The Morgan fingerprint density at radius 3 is 2.50 bits per heavy atom. The van der Waals surface area contributed by atoms with Gasteiger partial charge < -0.3 is 9.47 Å². The molecule has 0 fully saturated rings. The third-order valence-electron chi connectivity index (χ3n) is 4.63. The highest BCUT2D eigenvalue weighted by atomic mass is 32.2. The van der Waals surface area contributed by atoms with Gasteiger partial charge in [0.05, 0.1) is 23.5 Å². The first-order valence-corrected chi connectivity index (χ1v) is 11.9. The first kappa shape index (κ1) is 22.3. The molecule has 0 radical (unpaired) electrons. The lowest BCUT2D eigenvalue weighted by Crippen LogP contribution is -2.08. The zero-order chi connectivity index (χ0) is 22.5. The predicted molar refractivity (Wildman–Crippen MR) is 124 cm³/mol. The summed E-state index contributed by atoms with van der Waals surface area (Å²) in [6.45, 7) is 4.39. The summed E-state index contributed by atoms with van der Waals surface area (Å²) < 4.78 is 27.4. The van der Waals surface area contributed by atoms with Crippen molar-refractivity contribution >= 4 is 23.1 Å². The smallest absolute Gasteiger partial charge is 0.196 e. The molecule has 0 amide bonds. The van der Waals surface area contributed by atoms with Gasteiger partial charge in [0, 0.05) is 17.1 Å². The Balaban J connectivity index is 1.57. The Morgan fingerprint density at radius 1 is 1.06 bits per heavy atom. The minimum atomic E-state index is -0.351. The van der Waals surface area contributed by atoms with E-state index in [1.54, 1.807) is 41.2 Å². The molecule has 4 aromatic rings. The molecule has 0 spiro atoms. The van der Waals surface area contributed by atoms with Crippen molar-refractivity contribution in [3.63, 3.8) is 0 Å². The van der Waals surface area contributed by atoms with E-state index >= 15 is 0 Å². The molecule has 4 rings (SSSR count). The van der Waals surface area contributed by atoms with Crippen molar-refractivity contribution in [2.24, 2.45) is 0 Å². The molecule has 0 bridgehead atoms. The fourth-order valence-electron chi connectivity index (χ4n) is 2.97. The molecule has 0 aliphatic carbocycles. The molecule has 0 N–H and O–H groups in total. The average Bonchev–Trinajstić information content (AvgIpc) is 3.44. The maximum Gasteiger partial charge on any atom is 0.196 e. The van der Waals surface area contributed by atoms with Gasteiger partial charge in [0.2, 0.25) is 0 Å². The summed E-state index contributed by atoms with van der Waals surface area (Å²) in [6, 6.07) is 13.8. The highest BCUT2D eigenvalue weighted by Crippen LogP contribution is 2.29. The Kier molecular flexibility index (Phi) is 7.06. The van der Waals surface area contributed by atoms with Crippen LogP contribution in [0.1, 0.15) is 36.3 Å². The van der Waals surface area contributed by atoms with E-state index in [4.69, 9.17) is 9.47 Å². The lowest BCUT2D eigenvalue weighted by Gasteiger charge is -2.12. The second-order valence-corrected chi connectivity index (χ2v) is 9.10. The van der Waals surface area contributed by atoms with Crippen LogP contribution in [0.5, 0.6) is 11.5 Å². The van der Waals surface area contributed by atoms with E-state index in [0.29, 0.717) is 34.1 Å². The summed E-state index contributed by atoms with van der Waals surface area (Å²) in [6.07, 6.45) is 0. The quantitative estimate of drug-likeness (QED) is 0.285. The molecule has 2 heterocycles. The van der Waals surface area contributed by atoms with E-state index in [9.17, 15) is 4.39 Å². The van der Waals surface area contributed by atoms with Gasteiger partial charge in [-0.3, -0.25) is 4.57 Å². The van der Waals surface area contributed by atoms with E-state index in [2.05, 4.69) is 34.4 Å². The van der Waals surface area contributed by atoms with Crippen molar-refractivity contribution in [1.82, 2.24) is 19.7 Å². The minimum absolute atomic E-state index is 0.141. The van der Waals surface area contributed by atoms with Crippen molar-refractivity contribution in [2.75, 3.05) is 7.11 Å². The number of para-hydroxylation sites is 1. The van der Waals surface area contributed by atoms with Crippen LogP contribution in [-0.4, -0.2) is 26.9 Å². The summed E-state index contributed by atoms with van der Waals surface area (Å²) in [5.41, 5.74) is 1.36. The topological polar surface area (TPSA) is 62.1 Å². The van der Waals surface area contributed by atoms with Gasteiger partial charge in [0.25, 0.3) is 0 Å². The number of hydrogen-bond donors (Lipinski definition) is 0. The third kappa shape index (κ3) is 5.11. The van der Waals surface area contributed by atoms with Crippen LogP contribution < -0.4 is 9.47 Å². The first-order chi connectivity index (χ1) is 15.5. The van der Waals surface area contributed by atoms with Gasteiger partial charge in [0.15, 0.2) is 11.0 Å². The number of aromatic nitrogens is 4. The van der Waals surface area contributed by atoms with Gasteiger partial charge >= 0.3 is 0 Å². The normalized spacial score (nSPS) is 11.2. The van der Waals surface area contributed by atoms with E-state index in [1.807, 2.05) is 24.3 Å². The molecule has 0 atom stereocenters. The largest absolute Gasteiger partial charge is 0.497 e. The first-order valence-electron chi connectivity index (χ1n) is 10.1. The predicted octanol–water partition coefficient (Wildman–Crippen LogP) is 5.87. The zero-order valence-electron chi connectivity index (χ0n) is 18.0. The van der Waals surface area contributed by atoms with Crippen LogP contribution in [0.3, 0.4) is 0 Å². The molecular weight excluding hydrogens is 447 g/mol. The number of thioether (sulfide) groups is 1. The lowest BCUT2D eigenvalue weighted by atomic mass is 10.2. The van der Waals surface area contributed by atoms with Gasteiger partial charge in [-0.15, -0.1) is 21.5 Å². The fourth-order valence-corrected chi connectivity index (χ4v) is 4.77. The minimum Gasteiger partial charge on any atom is -0.497 e. The molecule has 9 heteroatoms. The summed E-state index contributed by atoms with van der Waals surface area (Å²) in [7, 11) is 1.61. The van der Waals surface area contributed by atoms with Crippen molar-refractivity contribution < 1.29 is 13.9 Å². The van der Waals surface area contributed by atoms with Crippen molar-refractivity contribution in [3.8, 4) is 17.2 Å². The Bertz CT molecular complexity index is 1170. The van der Waals surface area contributed by atoms with Crippen LogP contribution in [0, 0.1) is 5.82 Å². The van der Waals surface area contributed by atoms with Gasteiger partial charge in [-0.1, -0.05) is 37.7 Å². The molecule has 2 aromatic carbocycles. The van der Waals surface area contributed by atoms with Gasteiger partial charge in [-0.05, 0) is 36.4 Å². The van der Waals surface area contributed by atoms with Crippen LogP contribution in [0.2, 0.25) is 0 Å². The average molecular weight is 471 g/mol. The molecule has 0 unspecified atom stereocenters. The number of halogens is 1. The molecule has 0 aliphatic rings. The number of thiazole rings is 1. The molecule has 0 saturated heterocycles. The third-order valence-corrected chi connectivity index (χ3v) is 6.79. The van der Waals surface area contributed by atoms with Crippen molar-refractivity contribution in [2.45, 2.75) is 37.3 Å². The Morgan fingerprint density at radius 2 is 1.81 bits per heavy atom. The number of hydrogen-bond acceptors (Lipinski definition) is 7. The lowest BCUT2D eigenvalue weighted by molar-refractivity contribution is 0.292. The van der Waals surface area contributed by atoms with Crippen LogP contribution >= 0.6 is 23.1 Å². The van der Waals surface area contributed by atoms with Gasteiger partial charge in [0.1, 0.15) is 23.9 Å². The summed E-state index contributed by atoms with van der Waals surface area (Å²) in [5, 5.41) is 12.3. The number of methoxy groups -OCH3 is 1. The molecule has 0 saturated carbocycles. The Hall–Kier alpha value is -2.91. The highest BCUT2D eigenvalue weighted by Gasteiger charge is 2.18. The standard InChI is InChI=1S/C23H23FN4O2S2/c1-15(2)22-25-16(13-31-22)14-32-23-27-26-21(28(23)20-7-5-4-6-19(20)24)12-30-18-10-8-17(29-3)9-11-18/h4-11,13,15H,12,14H2,1-3H3. The molecule has 0 aliphatic heterocycles. The molecular formula is C23H23FN4O2S2. The number of nitrogens with zero attached hydrogens (tertiary/aromatic N) is 4. The van der Waals surface area contributed by atoms with E-state index in [1.165, 1.54) is 17.8 Å². The number of ether oxygens (including phenoxy) is 2. The van der Waals surface area contributed by atoms with Crippen LogP contribution in [0.4, 0.5) is 4.39 Å². The highest BCUT2D eigenvalue weighted by molar-refractivity contribution is 7.98. The fraction of sp³-hybridized carbons (Fsp3) is 0.261. The van der Waals surface area contributed by atoms with Crippen LogP contribution in [0.15, 0.2) is 59.1 Å². The second kappa shape index (κ2) is 10.1.